The Kier molecular flexibility index (Phi) is 6.68. The lowest BCUT2D eigenvalue weighted by molar-refractivity contribution is 0.669. The van der Waals surface area contributed by atoms with Crippen LogP contribution >= 0.6 is 11.3 Å². The van der Waals surface area contributed by atoms with E-state index >= 15 is 0 Å². The Morgan fingerprint density at radius 1 is 0.345 bits per heavy atom. The van der Waals surface area contributed by atoms with Gasteiger partial charge < -0.3 is 4.42 Å². The van der Waals surface area contributed by atoms with Gasteiger partial charge in [-0.1, -0.05) is 186 Å². The second-order valence-corrected chi connectivity index (χ2v) is 17.0. The molecular weight excluding hydrogens is 719 g/mol. The summed E-state index contributed by atoms with van der Waals surface area (Å²) in [7, 11) is 0. The van der Waals surface area contributed by atoms with Crippen LogP contribution in [0.5, 0.6) is 0 Å². The molecule has 1 nitrogen and oxygen atoms in total. The lowest BCUT2D eigenvalue weighted by atomic mass is 9.37. The number of thiophene rings is 1. The quantitative estimate of drug-likeness (QED) is 0.163. The predicted molar refractivity (Wildman–Crippen MR) is 246 cm³/mol. The first-order chi connectivity index (χ1) is 28.7. The first kappa shape index (κ1) is 32.2. The van der Waals surface area contributed by atoms with Gasteiger partial charge in [-0.2, -0.15) is 0 Å². The highest BCUT2D eigenvalue weighted by Gasteiger charge is 2.51. The molecule has 0 radical (unpaired) electrons. The normalized spacial score (nSPS) is 13.3. The average Bonchev–Trinajstić information content (AvgIpc) is 4.01. The summed E-state index contributed by atoms with van der Waals surface area (Å²) < 4.78 is 9.08. The van der Waals surface area contributed by atoms with Gasteiger partial charge in [-0.25, -0.2) is 0 Å². The van der Waals surface area contributed by atoms with Gasteiger partial charge >= 0.3 is 0 Å². The molecule has 0 amide bonds. The maximum absolute atomic E-state index is 6.45. The van der Waals surface area contributed by atoms with Gasteiger partial charge in [0.1, 0.15) is 11.2 Å². The van der Waals surface area contributed by atoms with Crippen LogP contribution in [0.15, 0.2) is 205 Å². The van der Waals surface area contributed by atoms with E-state index in [1.165, 1.54) is 92.2 Å². The van der Waals surface area contributed by atoms with E-state index in [0.717, 1.165) is 21.9 Å². The fourth-order valence-corrected chi connectivity index (χ4v) is 11.7. The van der Waals surface area contributed by atoms with Crippen molar-refractivity contribution >= 4 is 76.5 Å². The number of fused-ring (bicyclic) bond motifs is 16. The van der Waals surface area contributed by atoms with Crippen LogP contribution in [0.25, 0.3) is 75.5 Å². The zero-order valence-corrected chi connectivity index (χ0v) is 32.3. The van der Waals surface area contributed by atoms with E-state index in [1.807, 2.05) is 17.4 Å². The molecule has 3 heteroatoms. The van der Waals surface area contributed by atoms with Crippen molar-refractivity contribution in [1.29, 1.82) is 0 Å². The summed E-state index contributed by atoms with van der Waals surface area (Å²) in [5.74, 6) is 0. The maximum atomic E-state index is 6.45. The van der Waals surface area contributed by atoms with Gasteiger partial charge in [0.05, 0.1) is 5.41 Å². The summed E-state index contributed by atoms with van der Waals surface area (Å²) >= 11 is 1.87. The van der Waals surface area contributed by atoms with Crippen molar-refractivity contribution in [2.24, 2.45) is 0 Å². The molecule has 0 atom stereocenters. The highest BCUT2D eigenvalue weighted by Crippen LogP contribution is 2.63. The van der Waals surface area contributed by atoms with Crippen LogP contribution in [0.3, 0.4) is 0 Å². The van der Waals surface area contributed by atoms with Crippen LogP contribution < -0.4 is 16.4 Å². The molecule has 0 aliphatic heterocycles. The van der Waals surface area contributed by atoms with Crippen LogP contribution in [0.2, 0.25) is 0 Å². The molecule has 268 valence electrons. The fourth-order valence-electron chi connectivity index (χ4n) is 10.6. The van der Waals surface area contributed by atoms with E-state index in [4.69, 9.17) is 4.42 Å². The smallest absolute Gasteiger partial charge is 0.241 e. The molecule has 0 saturated carbocycles. The number of benzene rings is 9. The van der Waals surface area contributed by atoms with Gasteiger partial charge in [0, 0.05) is 30.9 Å². The van der Waals surface area contributed by atoms with Crippen molar-refractivity contribution in [3.05, 3.63) is 222 Å². The van der Waals surface area contributed by atoms with Crippen LogP contribution in [0.4, 0.5) is 0 Å². The summed E-state index contributed by atoms with van der Waals surface area (Å²) in [6.45, 7) is 0.0190. The zero-order valence-electron chi connectivity index (χ0n) is 31.4. The molecule has 11 aromatic rings. The van der Waals surface area contributed by atoms with Crippen molar-refractivity contribution in [3.8, 4) is 33.4 Å². The monoisotopic (exact) mass is 752 g/mol. The van der Waals surface area contributed by atoms with Crippen molar-refractivity contribution in [2.45, 2.75) is 5.41 Å². The molecule has 2 aromatic heterocycles. The first-order valence-electron chi connectivity index (χ1n) is 20.1. The number of hydrogen-bond acceptors (Lipinski definition) is 2. The lowest BCUT2D eigenvalue weighted by Crippen LogP contribution is -2.51. The summed E-state index contributed by atoms with van der Waals surface area (Å²) in [5, 5.41) is 4.94. The Balaban J connectivity index is 0.963. The number of rotatable bonds is 4. The van der Waals surface area contributed by atoms with Crippen molar-refractivity contribution in [3.63, 3.8) is 0 Å². The van der Waals surface area contributed by atoms with Crippen molar-refractivity contribution in [2.75, 3.05) is 0 Å². The van der Waals surface area contributed by atoms with Gasteiger partial charge in [-0.3, -0.25) is 0 Å². The van der Waals surface area contributed by atoms with Gasteiger partial charge in [0.2, 0.25) is 6.71 Å². The molecule has 2 aliphatic carbocycles. The Labute approximate surface area is 340 Å². The van der Waals surface area contributed by atoms with E-state index in [-0.39, 0.29) is 12.1 Å². The second-order valence-electron chi connectivity index (χ2n) is 15.9. The molecule has 0 N–H and O–H groups in total. The van der Waals surface area contributed by atoms with Gasteiger partial charge in [0.25, 0.3) is 0 Å². The van der Waals surface area contributed by atoms with Crippen molar-refractivity contribution < 1.29 is 4.42 Å². The standard InChI is InChI=1S/C55H33BOS/c1-6-16-47-39(11-1)40-12-2-7-17-48(40)55(47)49-18-8-3-13-41(49)42-28-23-35(31-50(42)55)34-21-24-36(25-22-34)56(37-26-29-44-43-14-4-9-19-51(43)57-52(44)32-37)38-27-30-46-45-15-5-10-20-53(45)58-54(46)33-38/h1-33H. The van der Waals surface area contributed by atoms with E-state index in [2.05, 4.69) is 194 Å². The summed E-state index contributed by atoms with van der Waals surface area (Å²) in [6.07, 6.45) is 0. The molecule has 0 bridgehead atoms. The number of para-hydroxylation sites is 1. The third-order valence-corrected chi connectivity index (χ3v) is 14.2. The third-order valence-electron chi connectivity index (χ3n) is 13.0. The largest absolute Gasteiger partial charge is 0.456 e. The Bertz CT molecular complexity index is 3300. The minimum atomic E-state index is -0.360. The first-order valence-corrected chi connectivity index (χ1v) is 20.9. The maximum Gasteiger partial charge on any atom is 0.241 e. The van der Waals surface area contributed by atoms with E-state index in [9.17, 15) is 0 Å². The second kappa shape index (κ2) is 12.0. The topological polar surface area (TPSA) is 13.1 Å². The third kappa shape index (κ3) is 4.37. The van der Waals surface area contributed by atoms with E-state index in [1.54, 1.807) is 0 Å². The molecule has 9 aromatic carbocycles. The Morgan fingerprint density at radius 2 is 0.862 bits per heavy atom. The molecule has 0 fully saturated rings. The SMILES string of the molecule is c1ccc2c(c1)-c1ccccc1C21c2ccccc2-c2ccc(-c3ccc(B(c4ccc5c(c4)oc4ccccc45)c4ccc5c(c4)sc4ccccc45)cc3)cc21. The van der Waals surface area contributed by atoms with E-state index < -0.39 is 0 Å². The van der Waals surface area contributed by atoms with Gasteiger partial charge in [0.15, 0.2) is 0 Å². The zero-order chi connectivity index (χ0) is 38.0. The van der Waals surface area contributed by atoms with Crippen LogP contribution in [0, 0.1) is 0 Å². The highest BCUT2D eigenvalue weighted by atomic mass is 32.1. The summed E-state index contributed by atoms with van der Waals surface area (Å²) in [6, 6.07) is 74.6. The Hall–Kier alpha value is -6.94. The minimum absolute atomic E-state index is 0.0190. The van der Waals surface area contributed by atoms with Crippen molar-refractivity contribution in [1.82, 2.24) is 0 Å². The van der Waals surface area contributed by atoms with Gasteiger partial charge in [-0.15, -0.1) is 11.3 Å². The summed E-state index contributed by atoms with van der Waals surface area (Å²) in [5.41, 5.74) is 18.4. The molecule has 13 rings (SSSR count). The average molecular weight is 753 g/mol. The van der Waals surface area contributed by atoms with E-state index in [0.29, 0.717) is 0 Å². The number of hydrogen-bond donors (Lipinski definition) is 0. The van der Waals surface area contributed by atoms with Crippen LogP contribution in [-0.4, -0.2) is 6.71 Å². The molecule has 0 unspecified atom stereocenters. The highest BCUT2D eigenvalue weighted by molar-refractivity contribution is 7.26. The predicted octanol–water partition coefficient (Wildman–Crippen LogP) is 12.5. The fraction of sp³-hybridized carbons (Fsp3) is 0.0182. The van der Waals surface area contributed by atoms with Gasteiger partial charge in [-0.05, 0) is 86.0 Å². The minimum Gasteiger partial charge on any atom is -0.456 e. The molecule has 58 heavy (non-hydrogen) atoms. The molecule has 2 heterocycles. The van der Waals surface area contributed by atoms with Crippen LogP contribution in [-0.2, 0) is 5.41 Å². The van der Waals surface area contributed by atoms with Crippen LogP contribution in [0.1, 0.15) is 22.3 Å². The molecule has 1 spiro atoms. The summed E-state index contributed by atoms with van der Waals surface area (Å²) in [4.78, 5) is 0. The lowest BCUT2D eigenvalue weighted by Gasteiger charge is -2.30. The number of furan rings is 1. The molecular formula is C55H33BOS. The molecule has 2 aliphatic rings. The Morgan fingerprint density at radius 3 is 1.59 bits per heavy atom. The molecule has 0 saturated heterocycles.